The lowest BCUT2D eigenvalue weighted by atomic mass is 9.53. The molecule has 1 saturated carbocycles. The molecule has 1 amide bonds. The molecule has 5 nitrogen and oxygen atoms in total. The maximum atomic E-state index is 12.9. The topological polar surface area (TPSA) is 65.5 Å². The third kappa shape index (κ3) is 4.44. The van der Waals surface area contributed by atoms with Crippen LogP contribution in [0.2, 0.25) is 10.0 Å². The molecule has 182 valence electrons. The number of fused-ring (bicyclic) bond motifs is 2. The number of thiazole rings is 1. The minimum atomic E-state index is -0.587. The summed E-state index contributed by atoms with van der Waals surface area (Å²) >= 11 is 14.3. The van der Waals surface area contributed by atoms with E-state index in [0.717, 1.165) is 30.1 Å². The minimum absolute atomic E-state index is 0.00785. The van der Waals surface area contributed by atoms with Gasteiger partial charge in [0.25, 0.3) is 0 Å². The zero-order valence-corrected chi connectivity index (χ0v) is 22.3. The Labute approximate surface area is 215 Å². The van der Waals surface area contributed by atoms with Crippen LogP contribution in [0, 0.1) is 35.5 Å². The molecule has 1 aromatic heterocycles. The molecule has 0 saturated heterocycles. The van der Waals surface area contributed by atoms with Gasteiger partial charge in [-0.1, -0.05) is 56.0 Å². The first kappa shape index (κ1) is 25.3. The molecule has 34 heavy (non-hydrogen) atoms. The number of halogens is 2. The maximum Gasteiger partial charge on any atom is 0.226 e. The summed E-state index contributed by atoms with van der Waals surface area (Å²) in [6.07, 6.45) is 7.43. The van der Waals surface area contributed by atoms with Crippen molar-refractivity contribution in [3.63, 3.8) is 0 Å². The van der Waals surface area contributed by atoms with Crippen molar-refractivity contribution in [3.05, 3.63) is 38.8 Å². The number of carbonyl (C=O) groups is 1. The lowest BCUT2D eigenvalue weighted by Crippen LogP contribution is -2.53. The molecule has 6 unspecified atom stereocenters. The highest BCUT2D eigenvalue weighted by Crippen LogP contribution is 2.57. The number of benzene rings is 1. The van der Waals surface area contributed by atoms with Crippen molar-refractivity contribution >= 4 is 51.3 Å². The highest BCUT2D eigenvalue weighted by Gasteiger charge is 2.54. The lowest BCUT2D eigenvalue weighted by molar-refractivity contribution is -0.142. The molecular formula is C26H31Cl2N3O2S. The normalized spacial score (nSPS) is 28.9. The molecule has 0 spiro atoms. The number of aliphatic hydroxyl groups excluding tert-OH is 1. The van der Waals surface area contributed by atoms with Crippen molar-refractivity contribution in [3.8, 4) is 12.3 Å². The van der Waals surface area contributed by atoms with Gasteiger partial charge in [-0.3, -0.25) is 4.79 Å². The van der Waals surface area contributed by atoms with Crippen molar-refractivity contribution in [1.82, 2.24) is 9.88 Å². The van der Waals surface area contributed by atoms with E-state index in [1.807, 2.05) is 13.0 Å². The first-order chi connectivity index (χ1) is 16.1. The molecule has 1 fully saturated rings. The number of nitrogens with one attached hydrogen (secondary N) is 1. The van der Waals surface area contributed by atoms with Gasteiger partial charge in [0, 0.05) is 23.8 Å². The van der Waals surface area contributed by atoms with Crippen LogP contribution in [-0.2, 0) is 11.2 Å². The predicted octanol–water partition coefficient (Wildman–Crippen LogP) is 5.97. The quantitative estimate of drug-likeness (QED) is 0.477. The molecule has 6 atom stereocenters. The minimum Gasteiger partial charge on any atom is -0.392 e. The molecule has 2 aromatic rings. The van der Waals surface area contributed by atoms with Gasteiger partial charge in [0.2, 0.25) is 5.91 Å². The highest BCUT2D eigenvalue weighted by atomic mass is 35.5. The first-order valence-corrected chi connectivity index (χ1v) is 13.2. The number of aliphatic hydroxyl groups is 1. The van der Waals surface area contributed by atoms with E-state index in [2.05, 4.69) is 25.1 Å². The molecular weight excluding hydrogens is 489 g/mol. The maximum absolute atomic E-state index is 12.9. The Kier molecular flexibility index (Phi) is 7.22. The van der Waals surface area contributed by atoms with E-state index >= 15 is 0 Å². The summed E-state index contributed by atoms with van der Waals surface area (Å²) in [6, 6.07) is 5.40. The number of carbonyl (C=O) groups excluding carboxylic acids is 1. The second-order valence-electron chi connectivity index (χ2n) is 10.1. The van der Waals surface area contributed by atoms with Crippen molar-refractivity contribution in [1.29, 1.82) is 0 Å². The number of amides is 1. The van der Waals surface area contributed by atoms with Gasteiger partial charge in [-0.05, 0) is 48.6 Å². The highest BCUT2D eigenvalue weighted by molar-refractivity contribution is 7.15. The molecule has 0 radical (unpaired) electrons. The SMILES string of the molecule is C#CCN(C)C(=O)C(C)C1CCC2(C)Cc3sc(Nc4c(Cl)cccc4Cl)nc3C(C)C2C1O. The molecule has 1 aromatic carbocycles. The fraction of sp³-hybridized carbons (Fsp3) is 0.538. The number of rotatable bonds is 5. The molecule has 0 aliphatic heterocycles. The van der Waals surface area contributed by atoms with Gasteiger partial charge in [0.1, 0.15) is 0 Å². The number of nitrogens with zero attached hydrogens (tertiary/aromatic N) is 2. The van der Waals surface area contributed by atoms with Crippen molar-refractivity contribution in [2.75, 3.05) is 18.9 Å². The van der Waals surface area contributed by atoms with E-state index in [-0.39, 0.29) is 41.5 Å². The Morgan fingerprint density at radius 3 is 2.76 bits per heavy atom. The van der Waals surface area contributed by atoms with Gasteiger partial charge in [-0.15, -0.1) is 17.8 Å². The van der Waals surface area contributed by atoms with Crippen LogP contribution in [0.25, 0.3) is 0 Å². The van der Waals surface area contributed by atoms with Gasteiger partial charge in [0.15, 0.2) is 5.13 Å². The lowest BCUT2D eigenvalue weighted by Gasteiger charge is -2.53. The Hall–Kier alpha value is -1.78. The summed E-state index contributed by atoms with van der Waals surface area (Å²) in [5.74, 6) is 2.20. The van der Waals surface area contributed by atoms with Gasteiger partial charge in [-0.2, -0.15) is 0 Å². The van der Waals surface area contributed by atoms with Crippen molar-refractivity contribution in [2.24, 2.45) is 23.2 Å². The van der Waals surface area contributed by atoms with E-state index in [1.54, 1.807) is 35.4 Å². The number of anilines is 2. The zero-order chi connectivity index (χ0) is 24.8. The molecule has 2 N–H and O–H groups in total. The molecule has 2 aliphatic rings. The van der Waals surface area contributed by atoms with Crippen LogP contribution in [-0.4, -0.2) is 40.6 Å². The smallest absolute Gasteiger partial charge is 0.226 e. The summed E-state index contributed by atoms with van der Waals surface area (Å²) in [4.78, 5) is 20.6. The number of hydrogen-bond donors (Lipinski definition) is 2. The third-order valence-electron chi connectivity index (χ3n) is 7.85. The average Bonchev–Trinajstić information content (AvgIpc) is 3.18. The second-order valence-corrected chi connectivity index (χ2v) is 12.0. The van der Waals surface area contributed by atoms with Crippen LogP contribution in [0.5, 0.6) is 0 Å². The molecule has 2 aliphatic carbocycles. The van der Waals surface area contributed by atoms with Crippen LogP contribution < -0.4 is 5.32 Å². The third-order valence-corrected chi connectivity index (χ3v) is 9.47. The van der Waals surface area contributed by atoms with E-state index in [1.165, 1.54) is 4.88 Å². The largest absolute Gasteiger partial charge is 0.392 e. The number of terminal acetylenes is 1. The second kappa shape index (κ2) is 9.70. The summed E-state index contributed by atoms with van der Waals surface area (Å²) in [5.41, 5.74) is 1.61. The fourth-order valence-corrected chi connectivity index (χ4v) is 7.83. The fourth-order valence-electron chi connectivity index (χ4n) is 6.07. The summed E-state index contributed by atoms with van der Waals surface area (Å²) in [5, 5.41) is 16.7. The van der Waals surface area contributed by atoms with Crippen molar-refractivity contribution < 1.29 is 9.90 Å². The van der Waals surface area contributed by atoms with Gasteiger partial charge in [0.05, 0.1) is 34.1 Å². The van der Waals surface area contributed by atoms with Crippen molar-refractivity contribution in [2.45, 2.75) is 52.1 Å². The van der Waals surface area contributed by atoms with Gasteiger partial charge in [-0.25, -0.2) is 4.98 Å². The standard InChI is InChI=1S/C26H31Cl2N3O2S/c1-6-12-31(5)24(33)14(2)16-10-11-26(4)13-19-21(15(3)20(26)23(16)32)29-25(34-19)30-22-17(27)8-7-9-18(22)28/h1,7-9,14-16,20,23,32H,10-13H2,2-5H3,(H,29,30). The Balaban J connectivity index is 1.59. The van der Waals surface area contributed by atoms with E-state index in [9.17, 15) is 9.90 Å². The molecule has 1 heterocycles. The number of para-hydroxylation sites is 1. The van der Waals surface area contributed by atoms with E-state index in [0.29, 0.717) is 15.7 Å². The van der Waals surface area contributed by atoms with Crippen LogP contribution in [0.15, 0.2) is 18.2 Å². The molecule has 4 rings (SSSR count). The molecule has 8 heteroatoms. The summed E-state index contributed by atoms with van der Waals surface area (Å²) in [6.45, 7) is 6.61. The Bertz CT molecular complexity index is 1110. The summed E-state index contributed by atoms with van der Waals surface area (Å²) < 4.78 is 0. The van der Waals surface area contributed by atoms with Gasteiger partial charge >= 0.3 is 0 Å². The van der Waals surface area contributed by atoms with Crippen LogP contribution >= 0.6 is 34.5 Å². The van der Waals surface area contributed by atoms with E-state index in [4.69, 9.17) is 34.6 Å². The average molecular weight is 521 g/mol. The Morgan fingerprint density at radius 2 is 2.12 bits per heavy atom. The molecule has 0 bridgehead atoms. The van der Waals surface area contributed by atoms with Gasteiger partial charge < -0.3 is 15.3 Å². The Morgan fingerprint density at radius 1 is 1.44 bits per heavy atom. The number of aromatic nitrogens is 1. The van der Waals surface area contributed by atoms with Crippen LogP contribution in [0.4, 0.5) is 10.8 Å². The van der Waals surface area contributed by atoms with Crippen LogP contribution in [0.1, 0.15) is 50.1 Å². The monoisotopic (exact) mass is 519 g/mol. The summed E-state index contributed by atoms with van der Waals surface area (Å²) in [7, 11) is 1.72. The number of hydrogen-bond acceptors (Lipinski definition) is 5. The first-order valence-electron chi connectivity index (χ1n) is 11.6. The zero-order valence-electron chi connectivity index (χ0n) is 19.9. The predicted molar refractivity (Wildman–Crippen MR) is 140 cm³/mol. The van der Waals surface area contributed by atoms with Crippen LogP contribution in [0.3, 0.4) is 0 Å². The van der Waals surface area contributed by atoms with E-state index < -0.39 is 6.10 Å².